The molecule has 2 rings (SSSR count). The third-order valence-corrected chi connectivity index (χ3v) is 3.73. The lowest BCUT2D eigenvalue weighted by atomic mass is 10.2. The number of benzene rings is 1. The summed E-state index contributed by atoms with van der Waals surface area (Å²) >= 11 is 1.77. The van der Waals surface area contributed by atoms with Crippen molar-refractivity contribution in [3.63, 3.8) is 0 Å². The van der Waals surface area contributed by atoms with E-state index in [1.165, 1.54) is 4.88 Å². The number of hydrogen-bond acceptors (Lipinski definition) is 4. The van der Waals surface area contributed by atoms with Crippen molar-refractivity contribution in [2.75, 3.05) is 13.7 Å². The Hall–Kier alpha value is -1.36. The summed E-state index contributed by atoms with van der Waals surface area (Å²) in [6, 6.07) is 12.3. The molecule has 0 aliphatic rings. The Morgan fingerprint density at radius 1 is 1.25 bits per heavy atom. The van der Waals surface area contributed by atoms with Gasteiger partial charge in [0.2, 0.25) is 0 Å². The van der Waals surface area contributed by atoms with Crippen molar-refractivity contribution in [1.82, 2.24) is 5.32 Å². The summed E-state index contributed by atoms with van der Waals surface area (Å²) in [6.45, 7) is 4.41. The minimum Gasteiger partial charge on any atom is -0.489 e. The Morgan fingerprint density at radius 2 is 2.15 bits per heavy atom. The normalized spacial score (nSPS) is 12.3. The molecule has 0 spiro atoms. The highest BCUT2D eigenvalue weighted by atomic mass is 32.1. The van der Waals surface area contributed by atoms with Gasteiger partial charge in [-0.25, -0.2) is 0 Å². The Kier molecular flexibility index (Phi) is 6.05. The molecule has 1 N–H and O–H groups in total. The number of hydrogen-bond donors (Lipinski definition) is 1. The number of ether oxygens (including phenoxy) is 2. The maximum absolute atomic E-state index is 5.91. The first kappa shape index (κ1) is 15.0. The van der Waals surface area contributed by atoms with Gasteiger partial charge in [-0.05, 0) is 36.1 Å². The molecule has 1 aromatic heterocycles. The third kappa shape index (κ3) is 4.96. The van der Waals surface area contributed by atoms with E-state index in [1.807, 2.05) is 24.3 Å². The van der Waals surface area contributed by atoms with Gasteiger partial charge in [0.15, 0.2) is 0 Å². The molecule has 3 nitrogen and oxygen atoms in total. The maximum atomic E-state index is 5.91. The molecular formula is C16H21NO2S. The first-order valence-electron chi connectivity index (χ1n) is 6.75. The molecule has 0 saturated heterocycles. The average Bonchev–Trinajstić information content (AvgIpc) is 2.93. The second-order valence-electron chi connectivity index (χ2n) is 4.72. The van der Waals surface area contributed by atoms with Crippen LogP contribution in [0.1, 0.15) is 17.4 Å². The van der Waals surface area contributed by atoms with Gasteiger partial charge in [-0.15, -0.1) is 11.3 Å². The van der Waals surface area contributed by atoms with Gasteiger partial charge in [0.1, 0.15) is 11.9 Å². The molecule has 0 fully saturated rings. The summed E-state index contributed by atoms with van der Waals surface area (Å²) in [5.74, 6) is 0.893. The summed E-state index contributed by atoms with van der Waals surface area (Å²) in [5.41, 5.74) is 1.13. The molecule has 1 atom stereocenters. The van der Waals surface area contributed by atoms with Crippen LogP contribution in [-0.2, 0) is 17.9 Å². The van der Waals surface area contributed by atoms with Gasteiger partial charge < -0.3 is 14.8 Å². The van der Waals surface area contributed by atoms with Crippen LogP contribution >= 0.6 is 11.3 Å². The monoisotopic (exact) mass is 291 g/mol. The maximum Gasteiger partial charge on any atom is 0.120 e. The smallest absolute Gasteiger partial charge is 0.120 e. The van der Waals surface area contributed by atoms with Gasteiger partial charge in [-0.2, -0.15) is 0 Å². The summed E-state index contributed by atoms with van der Waals surface area (Å²) in [5, 5.41) is 5.50. The second kappa shape index (κ2) is 8.04. The van der Waals surface area contributed by atoms with E-state index in [0.717, 1.165) is 24.4 Å². The van der Waals surface area contributed by atoms with Crippen LogP contribution in [0.2, 0.25) is 0 Å². The van der Waals surface area contributed by atoms with Crippen LogP contribution in [-0.4, -0.2) is 19.8 Å². The Morgan fingerprint density at radius 3 is 2.90 bits per heavy atom. The van der Waals surface area contributed by atoms with Gasteiger partial charge in [-0.3, -0.25) is 0 Å². The Balaban J connectivity index is 1.75. The summed E-state index contributed by atoms with van der Waals surface area (Å²) < 4.78 is 11.0. The van der Waals surface area contributed by atoms with Crippen molar-refractivity contribution in [2.45, 2.75) is 26.2 Å². The van der Waals surface area contributed by atoms with Crippen LogP contribution in [0.25, 0.3) is 0 Å². The van der Waals surface area contributed by atoms with Crippen LogP contribution in [0.15, 0.2) is 41.8 Å². The zero-order chi connectivity index (χ0) is 14.2. The van der Waals surface area contributed by atoms with E-state index >= 15 is 0 Å². The quantitative estimate of drug-likeness (QED) is 0.808. The zero-order valence-electron chi connectivity index (χ0n) is 12.0. The molecule has 0 bridgehead atoms. The van der Waals surface area contributed by atoms with Gasteiger partial charge >= 0.3 is 0 Å². The predicted molar refractivity (Wildman–Crippen MR) is 83.3 cm³/mol. The highest BCUT2D eigenvalue weighted by Gasteiger charge is 2.04. The highest BCUT2D eigenvalue weighted by Crippen LogP contribution is 2.15. The lowest BCUT2D eigenvalue weighted by Crippen LogP contribution is -2.28. The molecule has 0 aliphatic heterocycles. The summed E-state index contributed by atoms with van der Waals surface area (Å²) in [6.07, 6.45) is 0.132. The Bertz CT molecular complexity index is 499. The van der Waals surface area contributed by atoms with Gasteiger partial charge in [0.25, 0.3) is 0 Å². The molecule has 4 heteroatoms. The molecule has 108 valence electrons. The molecule has 1 aromatic carbocycles. The molecule has 1 unspecified atom stereocenters. The number of methoxy groups -OCH3 is 1. The topological polar surface area (TPSA) is 30.5 Å². The van der Waals surface area contributed by atoms with Crippen molar-refractivity contribution in [1.29, 1.82) is 0 Å². The van der Waals surface area contributed by atoms with Crippen molar-refractivity contribution in [3.05, 3.63) is 52.2 Å². The lowest BCUT2D eigenvalue weighted by Gasteiger charge is -2.16. The SMILES string of the molecule is COCc1cccc(OC(C)CNCc2cccs2)c1. The van der Waals surface area contributed by atoms with E-state index in [0.29, 0.717) is 6.61 Å². The van der Waals surface area contributed by atoms with Crippen LogP contribution in [0, 0.1) is 0 Å². The fraction of sp³-hybridized carbons (Fsp3) is 0.375. The van der Waals surface area contributed by atoms with Crippen LogP contribution in [0.4, 0.5) is 0 Å². The molecule has 1 heterocycles. The largest absolute Gasteiger partial charge is 0.489 e. The average molecular weight is 291 g/mol. The van der Waals surface area contributed by atoms with Crippen molar-refractivity contribution >= 4 is 11.3 Å². The zero-order valence-corrected chi connectivity index (χ0v) is 12.8. The summed E-state index contributed by atoms with van der Waals surface area (Å²) in [7, 11) is 1.70. The minimum absolute atomic E-state index is 0.132. The van der Waals surface area contributed by atoms with E-state index in [-0.39, 0.29) is 6.10 Å². The molecule has 0 amide bonds. The second-order valence-corrected chi connectivity index (χ2v) is 5.75. The van der Waals surface area contributed by atoms with E-state index in [9.17, 15) is 0 Å². The first-order chi connectivity index (χ1) is 9.78. The van der Waals surface area contributed by atoms with E-state index in [2.05, 4.69) is 29.8 Å². The molecule has 0 aliphatic carbocycles. The van der Waals surface area contributed by atoms with Crippen molar-refractivity contribution in [2.24, 2.45) is 0 Å². The molecule has 0 saturated carbocycles. The molecular weight excluding hydrogens is 270 g/mol. The molecule has 0 radical (unpaired) electrons. The molecule has 20 heavy (non-hydrogen) atoms. The van der Waals surface area contributed by atoms with Crippen LogP contribution in [0.5, 0.6) is 5.75 Å². The summed E-state index contributed by atoms with van der Waals surface area (Å²) in [4.78, 5) is 1.35. The van der Waals surface area contributed by atoms with Gasteiger partial charge in [-0.1, -0.05) is 18.2 Å². The number of nitrogens with one attached hydrogen (secondary N) is 1. The first-order valence-corrected chi connectivity index (χ1v) is 7.63. The van der Waals surface area contributed by atoms with Gasteiger partial charge in [0.05, 0.1) is 6.61 Å². The lowest BCUT2D eigenvalue weighted by molar-refractivity contribution is 0.183. The van der Waals surface area contributed by atoms with Gasteiger partial charge in [0, 0.05) is 25.1 Å². The number of thiophene rings is 1. The van der Waals surface area contributed by atoms with E-state index in [4.69, 9.17) is 9.47 Å². The predicted octanol–water partition coefficient (Wildman–Crippen LogP) is 3.45. The van der Waals surface area contributed by atoms with Crippen molar-refractivity contribution < 1.29 is 9.47 Å². The van der Waals surface area contributed by atoms with E-state index < -0.39 is 0 Å². The fourth-order valence-corrected chi connectivity index (χ4v) is 2.64. The standard InChI is InChI=1S/C16H21NO2S/c1-13(10-17-11-16-7-4-8-20-16)19-15-6-3-5-14(9-15)12-18-2/h3-9,13,17H,10-12H2,1-2H3. The highest BCUT2D eigenvalue weighted by molar-refractivity contribution is 7.09. The van der Waals surface area contributed by atoms with Crippen molar-refractivity contribution in [3.8, 4) is 5.75 Å². The molecule has 2 aromatic rings. The fourth-order valence-electron chi connectivity index (χ4n) is 1.96. The minimum atomic E-state index is 0.132. The number of rotatable bonds is 8. The third-order valence-electron chi connectivity index (χ3n) is 2.86. The van der Waals surface area contributed by atoms with Crippen LogP contribution in [0.3, 0.4) is 0 Å². The van der Waals surface area contributed by atoms with E-state index in [1.54, 1.807) is 18.4 Å². The Labute approximate surface area is 124 Å². The van der Waals surface area contributed by atoms with Crippen LogP contribution < -0.4 is 10.1 Å².